The van der Waals surface area contributed by atoms with Gasteiger partial charge in [-0.25, -0.2) is 8.42 Å². The Hall–Kier alpha value is -0.920. The molecular formula is C13H25N3O3S. The van der Waals surface area contributed by atoms with Crippen molar-refractivity contribution in [2.45, 2.75) is 58.1 Å². The van der Waals surface area contributed by atoms with Gasteiger partial charge in [0.05, 0.1) is 6.61 Å². The van der Waals surface area contributed by atoms with E-state index in [4.69, 9.17) is 0 Å². The highest BCUT2D eigenvalue weighted by molar-refractivity contribution is 7.89. The van der Waals surface area contributed by atoms with Crippen LogP contribution in [0.2, 0.25) is 0 Å². The molecule has 20 heavy (non-hydrogen) atoms. The molecule has 1 heterocycles. The first-order valence-electron chi connectivity index (χ1n) is 7.13. The van der Waals surface area contributed by atoms with E-state index in [0.29, 0.717) is 24.3 Å². The number of rotatable bonds is 9. The molecule has 0 amide bonds. The highest BCUT2D eigenvalue weighted by Crippen LogP contribution is 2.21. The molecule has 1 aromatic rings. The second-order valence-corrected chi connectivity index (χ2v) is 6.75. The van der Waals surface area contributed by atoms with E-state index >= 15 is 0 Å². The molecule has 0 aromatic carbocycles. The monoisotopic (exact) mass is 303 g/mol. The lowest BCUT2D eigenvalue weighted by atomic mass is 10.3. The third-order valence-electron chi connectivity index (χ3n) is 3.30. The highest BCUT2D eigenvalue weighted by Gasteiger charge is 2.29. The average Bonchev–Trinajstić information content (AvgIpc) is 2.80. The fourth-order valence-corrected chi connectivity index (χ4v) is 3.65. The van der Waals surface area contributed by atoms with Crippen molar-refractivity contribution in [3.8, 4) is 0 Å². The number of nitrogens with one attached hydrogen (secondary N) is 1. The Morgan fingerprint density at radius 3 is 2.20 bits per heavy atom. The number of sulfonamides is 1. The lowest BCUT2D eigenvalue weighted by molar-refractivity contribution is 0.277. The fourth-order valence-electron chi connectivity index (χ4n) is 1.97. The van der Waals surface area contributed by atoms with Gasteiger partial charge in [-0.05, 0) is 19.8 Å². The number of unbranched alkanes of at least 4 members (excludes halogenated alkanes) is 2. The zero-order valence-electron chi connectivity index (χ0n) is 12.5. The van der Waals surface area contributed by atoms with Gasteiger partial charge in [-0.1, -0.05) is 26.7 Å². The second kappa shape index (κ2) is 7.75. The largest absolute Gasteiger partial charge is 0.392 e. The molecule has 0 atom stereocenters. The SMILES string of the molecule is CCCCN(CCCC)S(=O)(=O)c1n[nH]c(C)c1CO. The van der Waals surface area contributed by atoms with Gasteiger partial charge in [-0.2, -0.15) is 9.40 Å². The summed E-state index contributed by atoms with van der Waals surface area (Å²) in [5, 5.41) is 15.8. The van der Waals surface area contributed by atoms with E-state index in [1.54, 1.807) is 6.92 Å². The van der Waals surface area contributed by atoms with Crippen molar-refractivity contribution in [1.82, 2.24) is 14.5 Å². The number of aromatic amines is 1. The van der Waals surface area contributed by atoms with Gasteiger partial charge in [-0.15, -0.1) is 0 Å². The van der Waals surface area contributed by atoms with Gasteiger partial charge in [0.1, 0.15) is 0 Å². The van der Waals surface area contributed by atoms with E-state index in [-0.39, 0.29) is 11.6 Å². The van der Waals surface area contributed by atoms with Crippen LogP contribution in [-0.4, -0.2) is 41.1 Å². The number of aryl methyl sites for hydroxylation is 1. The molecule has 7 heteroatoms. The first-order chi connectivity index (χ1) is 9.48. The number of hydrogen-bond acceptors (Lipinski definition) is 4. The van der Waals surface area contributed by atoms with Crippen LogP contribution >= 0.6 is 0 Å². The van der Waals surface area contributed by atoms with Crippen molar-refractivity contribution >= 4 is 10.0 Å². The predicted octanol–water partition coefficient (Wildman–Crippen LogP) is 1.80. The van der Waals surface area contributed by atoms with Crippen LogP contribution in [0.15, 0.2) is 5.03 Å². The topological polar surface area (TPSA) is 86.3 Å². The molecule has 0 saturated heterocycles. The average molecular weight is 303 g/mol. The summed E-state index contributed by atoms with van der Waals surface area (Å²) in [6, 6.07) is 0. The molecule has 0 aliphatic rings. The quantitative estimate of drug-likeness (QED) is 0.728. The van der Waals surface area contributed by atoms with Crippen LogP contribution in [0.25, 0.3) is 0 Å². The minimum atomic E-state index is -3.64. The van der Waals surface area contributed by atoms with E-state index in [9.17, 15) is 13.5 Å². The third kappa shape index (κ3) is 3.80. The maximum Gasteiger partial charge on any atom is 0.262 e. The zero-order chi connectivity index (χ0) is 15.2. The van der Waals surface area contributed by atoms with Gasteiger partial charge in [-0.3, -0.25) is 5.10 Å². The zero-order valence-corrected chi connectivity index (χ0v) is 13.3. The number of aliphatic hydroxyl groups excluding tert-OH is 1. The van der Waals surface area contributed by atoms with Crippen molar-refractivity contribution in [3.63, 3.8) is 0 Å². The Kier molecular flexibility index (Phi) is 6.64. The molecule has 0 spiro atoms. The number of nitrogens with zero attached hydrogens (tertiary/aromatic N) is 2. The van der Waals surface area contributed by atoms with E-state index < -0.39 is 10.0 Å². The fraction of sp³-hybridized carbons (Fsp3) is 0.769. The molecule has 0 radical (unpaired) electrons. The Morgan fingerprint density at radius 1 is 1.20 bits per heavy atom. The minimum absolute atomic E-state index is 0.0373. The van der Waals surface area contributed by atoms with Gasteiger partial charge >= 0.3 is 0 Å². The van der Waals surface area contributed by atoms with Crippen LogP contribution in [0, 0.1) is 6.92 Å². The summed E-state index contributed by atoms with van der Waals surface area (Å²) in [5.41, 5.74) is 0.958. The molecule has 1 aromatic heterocycles. The molecule has 0 bridgehead atoms. The maximum atomic E-state index is 12.7. The molecule has 0 aliphatic heterocycles. The number of H-pyrrole nitrogens is 1. The van der Waals surface area contributed by atoms with Gasteiger partial charge in [0.15, 0.2) is 5.03 Å². The van der Waals surface area contributed by atoms with Crippen LogP contribution in [0.3, 0.4) is 0 Å². The van der Waals surface area contributed by atoms with Crippen molar-refractivity contribution in [2.75, 3.05) is 13.1 Å². The smallest absolute Gasteiger partial charge is 0.262 e. The molecule has 0 aliphatic carbocycles. The Balaban J connectivity index is 3.07. The van der Waals surface area contributed by atoms with Crippen molar-refractivity contribution < 1.29 is 13.5 Å². The lowest BCUT2D eigenvalue weighted by Gasteiger charge is -2.21. The van der Waals surface area contributed by atoms with Gasteiger partial charge in [0, 0.05) is 24.3 Å². The molecular weight excluding hydrogens is 278 g/mol. The summed E-state index contributed by atoms with van der Waals surface area (Å²) in [6.07, 6.45) is 3.51. The van der Waals surface area contributed by atoms with Crippen molar-refractivity contribution in [3.05, 3.63) is 11.3 Å². The van der Waals surface area contributed by atoms with E-state index in [1.807, 2.05) is 13.8 Å². The summed E-state index contributed by atoms with van der Waals surface area (Å²) in [5.74, 6) is 0. The van der Waals surface area contributed by atoms with Crippen molar-refractivity contribution in [1.29, 1.82) is 0 Å². The molecule has 2 N–H and O–H groups in total. The summed E-state index contributed by atoms with van der Waals surface area (Å²) < 4.78 is 26.8. The second-order valence-electron chi connectivity index (χ2n) is 4.90. The first kappa shape index (κ1) is 17.1. The first-order valence-corrected chi connectivity index (χ1v) is 8.57. The van der Waals surface area contributed by atoms with Gasteiger partial charge in [0.2, 0.25) is 0 Å². The summed E-state index contributed by atoms with van der Waals surface area (Å²) in [6.45, 7) is 6.43. The summed E-state index contributed by atoms with van der Waals surface area (Å²) in [4.78, 5) is 0. The van der Waals surface area contributed by atoms with E-state index in [2.05, 4.69) is 10.2 Å². The molecule has 0 unspecified atom stereocenters. The normalized spacial score (nSPS) is 12.2. The van der Waals surface area contributed by atoms with Crippen molar-refractivity contribution in [2.24, 2.45) is 0 Å². The summed E-state index contributed by atoms with van der Waals surface area (Å²) >= 11 is 0. The summed E-state index contributed by atoms with van der Waals surface area (Å²) in [7, 11) is -3.64. The maximum absolute atomic E-state index is 12.7. The third-order valence-corrected chi connectivity index (χ3v) is 5.17. The predicted molar refractivity (Wildman–Crippen MR) is 77.8 cm³/mol. The van der Waals surface area contributed by atoms with Crippen LogP contribution in [0.1, 0.15) is 50.8 Å². The standard InChI is InChI=1S/C13H25N3O3S/c1-4-6-8-16(9-7-5-2)20(18,19)13-12(10-17)11(3)14-15-13/h17H,4-10H2,1-3H3,(H,14,15). The van der Waals surface area contributed by atoms with Crippen LogP contribution in [0.5, 0.6) is 0 Å². The molecule has 116 valence electrons. The molecule has 1 rings (SSSR count). The number of aliphatic hydroxyl groups is 1. The molecule has 0 saturated carbocycles. The van der Waals surface area contributed by atoms with E-state index in [1.165, 1.54) is 4.31 Å². The van der Waals surface area contributed by atoms with E-state index in [0.717, 1.165) is 25.7 Å². The van der Waals surface area contributed by atoms with Crippen LogP contribution in [-0.2, 0) is 16.6 Å². The van der Waals surface area contributed by atoms with Gasteiger partial charge < -0.3 is 5.11 Å². The number of hydrogen-bond donors (Lipinski definition) is 2. The number of aromatic nitrogens is 2. The molecule has 0 fully saturated rings. The minimum Gasteiger partial charge on any atom is -0.392 e. The van der Waals surface area contributed by atoms with Crippen LogP contribution < -0.4 is 0 Å². The Morgan fingerprint density at radius 2 is 1.75 bits per heavy atom. The Bertz CT molecular complexity index is 503. The van der Waals surface area contributed by atoms with Crippen LogP contribution in [0.4, 0.5) is 0 Å². The highest BCUT2D eigenvalue weighted by atomic mass is 32.2. The molecule has 6 nitrogen and oxygen atoms in total. The Labute approximate surface area is 121 Å². The van der Waals surface area contributed by atoms with Gasteiger partial charge in [0.25, 0.3) is 10.0 Å². The lowest BCUT2D eigenvalue weighted by Crippen LogP contribution is -2.33.